The Morgan fingerprint density at radius 1 is 1.30 bits per heavy atom. The Morgan fingerprint density at radius 2 is 1.95 bits per heavy atom. The topological polar surface area (TPSA) is 51.5 Å². The highest BCUT2D eigenvalue weighted by Crippen LogP contribution is 2.18. The fourth-order valence-electron chi connectivity index (χ4n) is 1.66. The molecule has 2 aromatic rings. The summed E-state index contributed by atoms with van der Waals surface area (Å²) in [7, 11) is 0. The minimum Gasteiger partial charge on any atom is -0.313 e. The van der Waals surface area contributed by atoms with E-state index in [1.54, 1.807) is 6.92 Å². The molecule has 0 aliphatic carbocycles. The highest BCUT2D eigenvalue weighted by atomic mass is 32.1. The minimum atomic E-state index is -0.622. The average molecular weight is 292 g/mol. The number of aryl methyl sites for hydroxylation is 2. The first kappa shape index (κ1) is 14.3. The van der Waals surface area contributed by atoms with Crippen molar-refractivity contribution < 1.29 is 14.0 Å². The molecule has 104 valence electrons. The van der Waals surface area contributed by atoms with Crippen molar-refractivity contribution in [3.63, 3.8) is 0 Å². The van der Waals surface area contributed by atoms with E-state index in [4.69, 9.17) is 4.84 Å². The molecule has 0 atom stereocenters. The molecule has 0 saturated heterocycles. The minimum absolute atomic E-state index is 0.250. The molecule has 0 radical (unpaired) electrons. The zero-order chi connectivity index (χ0) is 14.7. The molecule has 0 unspecified atom stereocenters. The van der Waals surface area contributed by atoms with Crippen LogP contribution in [0.15, 0.2) is 29.4 Å². The third-order valence-corrected chi connectivity index (χ3v) is 3.76. The van der Waals surface area contributed by atoms with E-state index in [1.165, 1.54) is 35.6 Å². The number of carbonyl (C=O) groups excluding carboxylic acids is 1. The first-order valence-electron chi connectivity index (χ1n) is 5.93. The Hall–Kier alpha value is -2.08. The lowest BCUT2D eigenvalue weighted by atomic mass is 10.2. The standard InChI is InChI=1S/C14H13FN2O2S/c1-8-13(20-10(3)16-8)9(2)17-19-14(18)11-4-6-12(15)7-5-11/h4-7H,1-3H3/b17-9+. The molecular weight excluding hydrogens is 279 g/mol. The van der Waals surface area contributed by atoms with Crippen molar-refractivity contribution in [2.45, 2.75) is 20.8 Å². The maximum Gasteiger partial charge on any atom is 0.365 e. The molecule has 2 rings (SSSR count). The molecule has 20 heavy (non-hydrogen) atoms. The second-order valence-corrected chi connectivity index (χ2v) is 5.41. The maximum atomic E-state index is 12.7. The van der Waals surface area contributed by atoms with Gasteiger partial charge in [-0.05, 0) is 45.0 Å². The molecule has 0 fully saturated rings. The van der Waals surface area contributed by atoms with Crippen molar-refractivity contribution in [1.82, 2.24) is 4.98 Å². The predicted octanol–water partition coefficient (Wildman–Crippen LogP) is 3.48. The van der Waals surface area contributed by atoms with E-state index < -0.39 is 11.8 Å². The lowest BCUT2D eigenvalue weighted by Gasteiger charge is -2.00. The molecule has 0 aliphatic heterocycles. The van der Waals surface area contributed by atoms with Crippen LogP contribution in [-0.2, 0) is 4.84 Å². The number of carbonyl (C=O) groups is 1. The van der Waals surface area contributed by atoms with Gasteiger partial charge < -0.3 is 4.84 Å². The van der Waals surface area contributed by atoms with Gasteiger partial charge in [-0.1, -0.05) is 5.16 Å². The van der Waals surface area contributed by atoms with Crippen LogP contribution in [0.5, 0.6) is 0 Å². The summed E-state index contributed by atoms with van der Waals surface area (Å²) in [6.07, 6.45) is 0. The van der Waals surface area contributed by atoms with E-state index in [9.17, 15) is 9.18 Å². The number of halogens is 1. The SMILES string of the molecule is C/C(=N\OC(=O)c1ccc(F)cc1)c1sc(C)nc1C. The number of hydrogen-bond donors (Lipinski definition) is 0. The molecule has 0 N–H and O–H groups in total. The third-order valence-electron chi connectivity index (χ3n) is 2.58. The molecular formula is C14H13FN2O2S. The van der Waals surface area contributed by atoms with E-state index in [0.717, 1.165) is 15.6 Å². The van der Waals surface area contributed by atoms with Gasteiger partial charge in [-0.3, -0.25) is 0 Å². The Labute approximate surface area is 119 Å². The Balaban J connectivity index is 2.10. The molecule has 4 nitrogen and oxygen atoms in total. The maximum absolute atomic E-state index is 12.7. The van der Waals surface area contributed by atoms with Crippen LogP contribution in [0.2, 0.25) is 0 Å². The predicted molar refractivity (Wildman–Crippen MR) is 75.6 cm³/mol. The van der Waals surface area contributed by atoms with Gasteiger partial charge in [0.05, 0.1) is 26.9 Å². The summed E-state index contributed by atoms with van der Waals surface area (Å²) in [6.45, 7) is 5.52. The van der Waals surface area contributed by atoms with E-state index >= 15 is 0 Å². The van der Waals surface area contributed by atoms with E-state index in [-0.39, 0.29) is 5.56 Å². The second kappa shape index (κ2) is 5.92. The highest BCUT2D eigenvalue weighted by molar-refractivity contribution is 7.13. The Kier molecular flexibility index (Phi) is 4.24. The van der Waals surface area contributed by atoms with Gasteiger partial charge in [-0.25, -0.2) is 14.2 Å². The van der Waals surface area contributed by atoms with Crippen LogP contribution in [0.25, 0.3) is 0 Å². The van der Waals surface area contributed by atoms with Crippen LogP contribution >= 0.6 is 11.3 Å². The van der Waals surface area contributed by atoms with Crippen LogP contribution in [0.4, 0.5) is 4.39 Å². The molecule has 0 spiro atoms. The summed E-state index contributed by atoms with van der Waals surface area (Å²) >= 11 is 1.49. The summed E-state index contributed by atoms with van der Waals surface area (Å²) < 4.78 is 12.7. The van der Waals surface area contributed by atoms with Gasteiger partial charge in [0.2, 0.25) is 0 Å². The summed E-state index contributed by atoms with van der Waals surface area (Å²) in [5, 5.41) is 4.74. The van der Waals surface area contributed by atoms with Crippen molar-refractivity contribution in [3.05, 3.63) is 51.2 Å². The van der Waals surface area contributed by atoms with Crippen molar-refractivity contribution in [2.24, 2.45) is 5.16 Å². The first-order valence-corrected chi connectivity index (χ1v) is 6.75. The van der Waals surface area contributed by atoms with Gasteiger partial charge in [0.1, 0.15) is 5.82 Å². The summed E-state index contributed by atoms with van der Waals surface area (Å²) in [5.74, 6) is -1.03. The van der Waals surface area contributed by atoms with Crippen molar-refractivity contribution in [2.75, 3.05) is 0 Å². The van der Waals surface area contributed by atoms with Gasteiger partial charge in [-0.2, -0.15) is 0 Å². The van der Waals surface area contributed by atoms with Gasteiger partial charge in [0, 0.05) is 0 Å². The quantitative estimate of drug-likeness (QED) is 0.494. The van der Waals surface area contributed by atoms with E-state index in [1.807, 2.05) is 13.8 Å². The normalized spacial score (nSPS) is 11.5. The van der Waals surface area contributed by atoms with Crippen molar-refractivity contribution >= 4 is 23.0 Å². The number of oxime groups is 1. The molecule has 6 heteroatoms. The smallest absolute Gasteiger partial charge is 0.313 e. The van der Waals surface area contributed by atoms with Crippen molar-refractivity contribution in [1.29, 1.82) is 0 Å². The lowest BCUT2D eigenvalue weighted by Crippen LogP contribution is -2.03. The molecule has 0 aliphatic rings. The monoisotopic (exact) mass is 292 g/mol. The van der Waals surface area contributed by atoms with Crippen LogP contribution < -0.4 is 0 Å². The largest absolute Gasteiger partial charge is 0.365 e. The van der Waals surface area contributed by atoms with Crippen molar-refractivity contribution in [3.8, 4) is 0 Å². The van der Waals surface area contributed by atoms with Crippen LogP contribution in [0.3, 0.4) is 0 Å². The first-order chi connectivity index (χ1) is 9.47. The average Bonchev–Trinajstić information content (AvgIpc) is 2.75. The second-order valence-electron chi connectivity index (χ2n) is 4.21. The van der Waals surface area contributed by atoms with Crippen LogP contribution in [-0.4, -0.2) is 16.7 Å². The third kappa shape index (κ3) is 3.27. The number of nitrogens with zero attached hydrogens (tertiary/aromatic N) is 2. The highest BCUT2D eigenvalue weighted by Gasteiger charge is 2.11. The molecule has 0 saturated carbocycles. The van der Waals surface area contributed by atoms with Gasteiger partial charge in [0.25, 0.3) is 0 Å². The Morgan fingerprint density at radius 3 is 2.50 bits per heavy atom. The molecule has 1 aromatic carbocycles. The molecule has 1 heterocycles. The zero-order valence-electron chi connectivity index (χ0n) is 11.3. The Bertz CT molecular complexity index is 662. The van der Waals surface area contributed by atoms with Crippen LogP contribution in [0.1, 0.15) is 32.9 Å². The fourth-order valence-corrected chi connectivity index (χ4v) is 2.51. The van der Waals surface area contributed by atoms with Gasteiger partial charge in [0.15, 0.2) is 0 Å². The molecule has 1 aromatic heterocycles. The number of rotatable bonds is 3. The summed E-state index contributed by atoms with van der Waals surface area (Å²) in [4.78, 5) is 21.7. The molecule has 0 amide bonds. The number of hydrogen-bond acceptors (Lipinski definition) is 5. The van der Waals surface area contributed by atoms with Crippen LogP contribution in [0, 0.1) is 19.7 Å². The van der Waals surface area contributed by atoms with Gasteiger partial charge >= 0.3 is 5.97 Å². The number of thiazole rings is 1. The van der Waals surface area contributed by atoms with E-state index in [0.29, 0.717) is 5.71 Å². The number of benzene rings is 1. The summed E-state index contributed by atoms with van der Waals surface area (Å²) in [5.41, 5.74) is 1.69. The summed E-state index contributed by atoms with van der Waals surface area (Å²) in [6, 6.07) is 5.10. The molecule has 0 bridgehead atoms. The lowest BCUT2D eigenvalue weighted by molar-refractivity contribution is 0.0516. The number of aromatic nitrogens is 1. The van der Waals surface area contributed by atoms with E-state index in [2.05, 4.69) is 10.1 Å². The zero-order valence-corrected chi connectivity index (χ0v) is 12.1. The fraction of sp³-hybridized carbons (Fsp3) is 0.214. The van der Waals surface area contributed by atoms with Gasteiger partial charge in [-0.15, -0.1) is 11.3 Å².